The summed E-state index contributed by atoms with van der Waals surface area (Å²) in [6.07, 6.45) is 3.20. The molecule has 0 radical (unpaired) electrons. The van der Waals surface area contributed by atoms with Crippen molar-refractivity contribution in [3.63, 3.8) is 0 Å². The molecule has 5 aromatic rings. The van der Waals surface area contributed by atoms with E-state index in [1.165, 1.54) is 33.0 Å². The molecule has 0 amide bonds. The average Bonchev–Trinajstić information content (AvgIpc) is 2.78. The smallest absolute Gasteiger partial charge is 0.267 e. The number of pyridine rings is 2. The molecule has 5 rings (SSSR count). The molecule has 0 aliphatic heterocycles. The van der Waals surface area contributed by atoms with Crippen molar-refractivity contribution in [2.45, 2.75) is 17.8 Å². The molecule has 0 aliphatic rings. The molecular formula is C23H16ClN5O2S. The van der Waals surface area contributed by atoms with E-state index in [0.717, 1.165) is 5.56 Å². The highest BCUT2D eigenvalue weighted by Crippen LogP contribution is 2.24. The molecule has 158 valence electrons. The molecule has 0 spiro atoms. The van der Waals surface area contributed by atoms with E-state index < -0.39 is 0 Å². The molecule has 0 unspecified atom stereocenters. The van der Waals surface area contributed by atoms with E-state index in [9.17, 15) is 9.59 Å². The van der Waals surface area contributed by atoms with E-state index in [1.54, 1.807) is 30.5 Å². The van der Waals surface area contributed by atoms with E-state index in [0.29, 0.717) is 44.0 Å². The van der Waals surface area contributed by atoms with Crippen LogP contribution in [0, 0.1) is 6.92 Å². The third-order valence-electron chi connectivity index (χ3n) is 4.90. The Morgan fingerprint density at radius 2 is 1.88 bits per heavy atom. The van der Waals surface area contributed by atoms with E-state index in [4.69, 9.17) is 16.6 Å². The number of para-hydroxylation sites is 1. The summed E-state index contributed by atoms with van der Waals surface area (Å²) < 4.78 is 2.91. The Labute approximate surface area is 191 Å². The summed E-state index contributed by atoms with van der Waals surface area (Å²) >= 11 is 7.31. The number of aryl methyl sites for hydroxylation is 1. The van der Waals surface area contributed by atoms with Gasteiger partial charge < -0.3 is 0 Å². The zero-order chi connectivity index (χ0) is 22.2. The van der Waals surface area contributed by atoms with Crippen molar-refractivity contribution in [3.05, 3.63) is 104 Å². The highest BCUT2D eigenvalue weighted by atomic mass is 35.5. The van der Waals surface area contributed by atoms with Gasteiger partial charge >= 0.3 is 0 Å². The minimum atomic E-state index is -0.225. The topological polar surface area (TPSA) is 82.2 Å². The molecule has 0 saturated heterocycles. The fourth-order valence-electron chi connectivity index (χ4n) is 3.39. The van der Waals surface area contributed by atoms with Gasteiger partial charge in [0.25, 0.3) is 11.1 Å². The number of halogens is 1. The van der Waals surface area contributed by atoms with Gasteiger partial charge in [-0.05, 0) is 48.9 Å². The SMILES string of the molecule is Cc1ccnc(-n2c(SCc3cc(=O)n4cc(Cl)ccc4n3)nc3ccccc3c2=O)c1. The van der Waals surface area contributed by atoms with Crippen molar-refractivity contribution in [2.75, 3.05) is 0 Å². The van der Waals surface area contributed by atoms with Crippen LogP contribution in [0.1, 0.15) is 11.3 Å². The summed E-state index contributed by atoms with van der Waals surface area (Å²) in [5, 5.41) is 1.45. The van der Waals surface area contributed by atoms with Crippen LogP contribution >= 0.6 is 23.4 Å². The van der Waals surface area contributed by atoms with Crippen LogP contribution in [0.5, 0.6) is 0 Å². The van der Waals surface area contributed by atoms with Gasteiger partial charge in [-0.15, -0.1) is 0 Å². The molecule has 1 aromatic carbocycles. The van der Waals surface area contributed by atoms with Crippen molar-refractivity contribution in [1.82, 2.24) is 23.9 Å². The summed E-state index contributed by atoms with van der Waals surface area (Å²) in [7, 11) is 0. The minimum Gasteiger partial charge on any atom is -0.269 e. The van der Waals surface area contributed by atoms with Gasteiger partial charge in [0.15, 0.2) is 5.16 Å². The quantitative estimate of drug-likeness (QED) is 0.297. The Morgan fingerprint density at radius 3 is 2.72 bits per heavy atom. The van der Waals surface area contributed by atoms with Gasteiger partial charge in [0.2, 0.25) is 0 Å². The standard InChI is InChI=1S/C23H16ClN5O2S/c1-14-8-9-25-20(10-14)29-22(31)17-4-2-3-5-18(17)27-23(29)32-13-16-11-21(30)28-12-15(24)6-7-19(28)26-16/h2-12H,13H2,1H3. The van der Waals surface area contributed by atoms with E-state index in [2.05, 4.69) is 9.97 Å². The maximum atomic E-state index is 13.3. The van der Waals surface area contributed by atoms with Crippen molar-refractivity contribution in [1.29, 1.82) is 0 Å². The zero-order valence-corrected chi connectivity index (χ0v) is 18.5. The molecule has 32 heavy (non-hydrogen) atoms. The number of nitrogens with zero attached hydrogens (tertiary/aromatic N) is 5. The highest BCUT2D eigenvalue weighted by molar-refractivity contribution is 7.98. The van der Waals surface area contributed by atoms with Gasteiger partial charge in [0.1, 0.15) is 11.5 Å². The third-order valence-corrected chi connectivity index (χ3v) is 6.10. The van der Waals surface area contributed by atoms with Crippen molar-refractivity contribution in [2.24, 2.45) is 0 Å². The van der Waals surface area contributed by atoms with Crippen LogP contribution in [0.3, 0.4) is 0 Å². The second-order valence-corrected chi connectivity index (χ2v) is 8.57. The van der Waals surface area contributed by atoms with Gasteiger partial charge in [0, 0.05) is 24.2 Å². The number of hydrogen-bond donors (Lipinski definition) is 0. The molecule has 4 heterocycles. The summed E-state index contributed by atoms with van der Waals surface area (Å²) in [6, 6.07) is 15.8. The lowest BCUT2D eigenvalue weighted by Gasteiger charge is -2.13. The molecule has 0 aliphatic carbocycles. The first kappa shape index (κ1) is 20.4. The number of fused-ring (bicyclic) bond motifs is 2. The molecule has 7 nitrogen and oxygen atoms in total. The van der Waals surface area contributed by atoms with E-state index in [-0.39, 0.29) is 11.1 Å². The minimum absolute atomic E-state index is 0.197. The van der Waals surface area contributed by atoms with Gasteiger partial charge in [0.05, 0.1) is 21.6 Å². The predicted molar refractivity (Wildman–Crippen MR) is 126 cm³/mol. The first-order valence-electron chi connectivity index (χ1n) is 9.75. The second-order valence-electron chi connectivity index (χ2n) is 7.19. The van der Waals surface area contributed by atoms with E-state index in [1.807, 2.05) is 31.2 Å². The normalized spacial score (nSPS) is 11.3. The monoisotopic (exact) mass is 461 g/mol. The molecule has 0 fully saturated rings. The summed E-state index contributed by atoms with van der Waals surface area (Å²) in [6.45, 7) is 1.94. The first-order valence-corrected chi connectivity index (χ1v) is 11.1. The summed E-state index contributed by atoms with van der Waals surface area (Å²) in [5.41, 5.74) is 2.24. The highest BCUT2D eigenvalue weighted by Gasteiger charge is 2.15. The van der Waals surface area contributed by atoms with Gasteiger partial charge in [-0.1, -0.05) is 35.5 Å². The lowest BCUT2D eigenvalue weighted by atomic mass is 10.2. The zero-order valence-electron chi connectivity index (χ0n) is 16.9. The third kappa shape index (κ3) is 3.79. The number of rotatable bonds is 4. The van der Waals surface area contributed by atoms with Crippen LogP contribution < -0.4 is 11.1 Å². The number of aromatic nitrogens is 5. The first-order chi connectivity index (χ1) is 15.5. The molecule has 0 bridgehead atoms. The van der Waals surface area contributed by atoms with Crippen LogP contribution in [0.25, 0.3) is 22.4 Å². The Morgan fingerprint density at radius 1 is 1.03 bits per heavy atom. The van der Waals surface area contributed by atoms with Crippen LogP contribution in [0.2, 0.25) is 5.02 Å². The van der Waals surface area contributed by atoms with Crippen molar-refractivity contribution in [3.8, 4) is 5.82 Å². The second kappa shape index (κ2) is 8.22. The Kier molecular flexibility index (Phi) is 5.24. The number of hydrogen-bond acceptors (Lipinski definition) is 6. The lowest BCUT2D eigenvalue weighted by Crippen LogP contribution is -2.22. The molecule has 4 aromatic heterocycles. The Bertz CT molecular complexity index is 1610. The maximum Gasteiger partial charge on any atom is 0.267 e. The Balaban J connectivity index is 1.60. The molecule has 9 heteroatoms. The Hall–Kier alpha value is -3.49. The van der Waals surface area contributed by atoms with Crippen LogP contribution in [0.4, 0.5) is 0 Å². The number of thioether (sulfide) groups is 1. The molecule has 0 atom stereocenters. The number of benzene rings is 1. The molecular weight excluding hydrogens is 446 g/mol. The van der Waals surface area contributed by atoms with Gasteiger partial charge in [-0.25, -0.2) is 19.5 Å². The van der Waals surface area contributed by atoms with Crippen LogP contribution in [-0.4, -0.2) is 23.9 Å². The summed E-state index contributed by atoms with van der Waals surface area (Å²) in [5.74, 6) is 0.849. The van der Waals surface area contributed by atoms with Gasteiger partial charge in [-0.3, -0.25) is 14.0 Å². The fraction of sp³-hybridized carbons (Fsp3) is 0.0870. The van der Waals surface area contributed by atoms with E-state index >= 15 is 0 Å². The largest absolute Gasteiger partial charge is 0.269 e. The lowest BCUT2D eigenvalue weighted by molar-refractivity contribution is 0.794. The van der Waals surface area contributed by atoms with Crippen LogP contribution in [-0.2, 0) is 5.75 Å². The van der Waals surface area contributed by atoms with Crippen LogP contribution in [0.15, 0.2) is 81.7 Å². The summed E-state index contributed by atoms with van der Waals surface area (Å²) in [4.78, 5) is 39.5. The average molecular weight is 462 g/mol. The van der Waals surface area contributed by atoms with Crippen molar-refractivity contribution >= 4 is 39.9 Å². The maximum absolute atomic E-state index is 13.3. The molecule has 0 saturated carbocycles. The molecule has 0 N–H and O–H groups in total. The fourth-order valence-corrected chi connectivity index (χ4v) is 4.45. The van der Waals surface area contributed by atoms with Gasteiger partial charge in [-0.2, -0.15) is 0 Å². The predicted octanol–water partition coefficient (Wildman–Crippen LogP) is 4.04. The van der Waals surface area contributed by atoms with Crippen molar-refractivity contribution < 1.29 is 0 Å².